The zero-order chi connectivity index (χ0) is 25.4. The third-order valence-electron chi connectivity index (χ3n) is 6.90. The molecule has 1 atom stereocenters. The molecule has 2 aliphatic rings. The van der Waals surface area contributed by atoms with Crippen molar-refractivity contribution < 1.29 is 22.7 Å². The fourth-order valence-corrected chi connectivity index (χ4v) is 6.45. The zero-order valence-electron chi connectivity index (χ0n) is 20.7. The largest absolute Gasteiger partial charge is 0.497 e. The van der Waals surface area contributed by atoms with Crippen molar-refractivity contribution in [3.8, 4) is 5.75 Å². The van der Waals surface area contributed by atoms with Crippen LogP contribution in [-0.4, -0.2) is 51.3 Å². The second-order valence-corrected chi connectivity index (χ2v) is 11.9. The summed E-state index contributed by atoms with van der Waals surface area (Å²) in [6.45, 7) is 6.76. The number of fused-ring (bicyclic) bond motifs is 1. The molecule has 2 amide bonds. The number of amides is 2. The van der Waals surface area contributed by atoms with Gasteiger partial charge in [-0.3, -0.25) is 9.59 Å². The lowest BCUT2D eigenvalue weighted by molar-refractivity contribution is -0.125. The number of carbonyl (C=O) groups is 2. The van der Waals surface area contributed by atoms with Crippen molar-refractivity contribution in [1.29, 1.82) is 0 Å². The van der Waals surface area contributed by atoms with Crippen LogP contribution in [0, 0.1) is 5.92 Å². The Balaban J connectivity index is 1.53. The van der Waals surface area contributed by atoms with Crippen LogP contribution < -0.4 is 15.0 Å². The number of ether oxygens (including phenoxy) is 1. The first-order valence-electron chi connectivity index (χ1n) is 11.9. The van der Waals surface area contributed by atoms with Gasteiger partial charge in [0.1, 0.15) is 12.3 Å². The highest BCUT2D eigenvalue weighted by Crippen LogP contribution is 2.43. The van der Waals surface area contributed by atoms with Gasteiger partial charge in [-0.1, -0.05) is 19.1 Å². The maximum atomic E-state index is 13.3. The first-order valence-corrected chi connectivity index (χ1v) is 13.3. The van der Waals surface area contributed by atoms with Crippen LogP contribution in [0.25, 0.3) is 0 Å². The molecule has 0 saturated carbocycles. The molecule has 0 spiro atoms. The van der Waals surface area contributed by atoms with E-state index in [0.29, 0.717) is 42.6 Å². The van der Waals surface area contributed by atoms with E-state index in [-0.39, 0.29) is 23.3 Å². The predicted molar refractivity (Wildman–Crippen MR) is 134 cm³/mol. The Morgan fingerprint density at radius 1 is 1.20 bits per heavy atom. The fourth-order valence-electron chi connectivity index (χ4n) is 4.83. The Morgan fingerprint density at radius 2 is 1.97 bits per heavy atom. The quantitative estimate of drug-likeness (QED) is 0.632. The molecular formula is C26H33N3O5S. The van der Waals surface area contributed by atoms with E-state index in [1.807, 2.05) is 24.3 Å². The molecule has 0 bridgehead atoms. The molecule has 2 aromatic rings. The molecule has 2 aliphatic heterocycles. The molecule has 4 rings (SSSR count). The summed E-state index contributed by atoms with van der Waals surface area (Å²) in [4.78, 5) is 27.6. The van der Waals surface area contributed by atoms with Gasteiger partial charge in [0.25, 0.3) is 0 Å². The number of nitrogens with one attached hydrogen (secondary N) is 1. The summed E-state index contributed by atoms with van der Waals surface area (Å²) in [5.41, 5.74) is 1.13. The topological polar surface area (TPSA) is 96.0 Å². The average Bonchev–Trinajstić information content (AvgIpc) is 3.03. The average molecular weight is 500 g/mol. The predicted octanol–water partition coefficient (Wildman–Crippen LogP) is 3.06. The number of rotatable bonds is 7. The van der Waals surface area contributed by atoms with Gasteiger partial charge < -0.3 is 15.0 Å². The van der Waals surface area contributed by atoms with E-state index in [0.717, 1.165) is 18.4 Å². The van der Waals surface area contributed by atoms with Crippen LogP contribution in [0.2, 0.25) is 0 Å². The lowest BCUT2D eigenvalue weighted by atomic mass is 9.86. The minimum atomic E-state index is -3.66. The number of nitrogens with zero attached hydrogens (tertiary/aromatic N) is 2. The third-order valence-corrected chi connectivity index (χ3v) is 8.76. The molecule has 0 aromatic heterocycles. The molecule has 188 valence electrons. The fraction of sp³-hybridized carbons (Fsp3) is 0.462. The maximum absolute atomic E-state index is 13.3. The van der Waals surface area contributed by atoms with Crippen LogP contribution >= 0.6 is 0 Å². The van der Waals surface area contributed by atoms with Gasteiger partial charge >= 0.3 is 0 Å². The highest BCUT2D eigenvalue weighted by Gasteiger charge is 2.45. The van der Waals surface area contributed by atoms with Gasteiger partial charge in [-0.15, -0.1) is 0 Å². The second-order valence-electron chi connectivity index (χ2n) is 9.93. The van der Waals surface area contributed by atoms with Crippen molar-refractivity contribution in [2.24, 2.45) is 5.92 Å². The molecule has 2 aromatic carbocycles. The Hall–Kier alpha value is -2.91. The van der Waals surface area contributed by atoms with Gasteiger partial charge in [-0.05, 0) is 74.1 Å². The summed E-state index contributed by atoms with van der Waals surface area (Å²) in [6, 6.07) is 12.2. The summed E-state index contributed by atoms with van der Waals surface area (Å²) >= 11 is 0. The molecule has 35 heavy (non-hydrogen) atoms. The summed E-state index contributed by atoms with van der Waals surface area (Å²) in [6.07, 6.45) is 1.86. The molecule has 0 radical (unpaired) electrons. The highest BCUT2D eigenvalue weighted by molar-refractivity contribution is 7.89. The Kier molecular flexibility index (Phi) is 6.92. The highest BCUT2D eigenvalue weighted by atomic mass is 32.2. The molecule has 1 saturated heterocycles. The molecule has 1 N–H and O–H groups in total. The first kappa shape index (κ1) is 25.2. The van der Waals surface area contributed by atoms with Crippen molar-refractivity contribution in [3.63, 3.8) is 0 Å². The molecule has 9 heteroatoms. The third kappa shape index (κ3) is 4.92. The Bertz CT molecular complexity index is 1240. The summed E-state index contributed by atoms with van der Waals surface area (Å²) in [5.74, 6) is 0.484. The van der Waals surface area contributed by atoms with E-state index in [9.17, 15) is 18.0 Å². The lowest BCUT2D eigenvalue weighted by Crippen LogP contribution is -2.42. The summed E-state index contributed by atoms with van der Waals surface area (Å²) < 4.78 is 33.4. The van der Waals surface area contributed by atoms with Gasteiger partial charge in [0, 0.05) is 25.3 Å². The number of hydrogen-bond donors (Lipinski definition) is 1. The number of carbonyl (C=O) groups excluding carboxylic acids is 2. The maximum Gasteiger partial charge on any atom is 0.243 e. The van der Waals surface area contributed by atoms with E-state index in [1.54, 1.807) is 39.2 Å². The van der Waals surface area contributed by atoms with Crippen LogP contribution in [0.15, 0.2) is 47.4 Å². The molecule has 8 nitrogen and oxygen atoms in total. The Labute approximate surface area is 207 Å². The normalized spacial score (nSPS) is 19.9. The lowest BCUT2D eigenvalue weighted by Gasteiger charge is -2.30. The van der Waals surface area contributed by atoms with Crippen LogP contribution in [-0.2, 0) is 31.6 Å². The van der Waals surface area contributed by atoms with Crippen molar-refractivity contribution in [1.82, 2.24) is 9.62 Å². The van der Waals surface area contributed by atoms with Gasteiger partial charge in [0.15, 0.2) is 0 Å². The van der Waals surface area contributed by atoms with E-state index in [4.69, 9.17) is 4.74 Å². The van der Waals surface area contributed by atoms with Crippen molar-refractivity contribution in [2.45, 2.75) is 50.5 Å². The molecule has 1 fully saturated rings. The number of sulfonamides is 1. The van der Waals surface area contributed by atoms with E-state index in [2.05, 4.69) is 12.2 Å². The number of methoxy groups -OCH3 is 1. The van der Waals surface area contributed by atoms with Gasteiger partial charge in [0.2, 0.25) is 21.8 Å². The minimum Gasteiger partial charge on any atom is -0.497 e. The smallest absolute Gasteiger partial charge is 0.243 e. The summed E-state index contributed by atoms with van der Waals surface area (Å²) in [7, 11) is -2.07. The van der Waals surface area contributed by atoms with E-state index in [1.165, 1.54) is 9.21 Å². The van der Waals surface area contributed by atoms with Crippen molar-refractivity contribution in [3.05, 3.63) is 53.6 Å². The van der Waals surface area contributed by atoms with Gasteiger partial charge in [-0.2, -0.15) is 4.31 Å². The number of anilines is 1. The summed E-state index contributed by atoms with van der Waals surface area (Å²) in [5, 5.41) is 2.85. The number of piperidine rings is 1. The standard InChI is InChI=1S/C26H33N3O5S/c1-18-7-6-12-28(16-18)35(32,33)21-10-11-23-22(14-21)26(2,3)25(31)29(23)17-24(30)27-15-19-8-5-9-20(13-19)34-4/h5,8-11,13-14,18H,6-7,12,15-17H2,1-4H3,(H,27,30). The molecule has 0 aliphatic carbocycles. The van der Waals surface area contributed by atoms with Crippen LogP contribution in [0.5, 0.6) is 5.75 Å². The Morgan fingerprint density at radius 3 is 2.69 bits per heavy atom. The van der Waals surface area contributed by atoms with Crippen LogP contribution in [0.1, 0.15) is 44.7 Å². The zero-order valence-corrected chi connectivity index (χ0v) is 21.5. The number of hydrogen-bond acceptors (Lipinski definition) is 5. The number of benzene rings is 2. The van der Waals surface area contributed by atoms with Gasteiger partial charge in [-0.25, -0.2) is 8.42 Å². The molecule has 2 heterocycles. The first-order chi connectivity index (χ1) is 16.5. The van der Waals surface area contributed by atoms with Crippen LogP contribution in [0.4, 0.5) is 5.69 Å². The minimum absolute atomic E-state index is 0.144. The molecule has 1 unspecified atom stereocenters. The van der Waals surface area contributed by atoms with Gasteiger partial charge in [0.05, 0.1) is 17.4 Å². The van der Waals surface area contributed by atoms with E-state index >= 15 is 0 Å². The van der Waals surface area contributed by atoms with Crippen molar-refractivity contribution in [2.75, 3.05) is 31.6 Å². The second kappa shape index (κ2) is 9.62. The van der Waals surface area contributed by atoms with Crippen molar-refractivity contribution >= 4 is 27.5 Å². The van der Waals surface area contributed by atoms with E-state index < -0.39 is 15.4 Å². The molecular weight excluding hydrogens is 466 g/mol. The monoisotopic (exact) mass is 499 g/mol. The SMILES string of the molecule is COc1cccc(CNC(=O)CN2C(=O)C(C)(C)c3cc(S(=O)(=O)N4CCCC(C)C4)ccc32)c1. The van der Waals surface area contributed by atoms with Crippen LogP contribution in [0.3, 0.4) is 0 Å².